The van der Waals surface area contributed by atoms with Gasteiger partial charge in [-0.1, -0.05) is 60.4 Å². The van der Waals surface area contributed by atoms with Gasteiger partial charge in [0, 0.05) is 12.7 Å². The summed E-state index contributed by atoms with van der Waals surface area (Å²) in [5, 5.41) is 10.3. The Kier molecular flexibility index (Phi) is 5.99. The van der Waals surface area contributed by atoms with Gasteiger partial charge in [-0.05, 0) is 17.7 Å². The predicted octanol–water partition coefficient (Wildman–Crippen LogP) is 2.76. The Bertz CT molecular complexity index is 584. The van der Waals surface area contributed by atoms with Crippen LogP contribution >= 0.6 is 0 Å². The molecule has 1 N–H and O–H groups in total. The van der Waals surface area contributed by atoms with Gasteiger partial charge in [0.05, 0.1) is 0 Å². The zero-order chi connectivity index (χ0) is 14.9. The van der Waals surface area contributed by atoms with Gasteiger partial charge in [0.25, 0.3) is 0 Å². The molecule has 2 atom stereocenters. The van der Waals surface area contributed by atoms with Crippen LogP contribution in [0.5, 0.6) is 0 Å². The molecule has 0 saturated carbocycles. The van der Waals surface area contributed by atoms with Crippen LogP contribution in [0.4, 0.5) is 0 Å². The van der Waals surface area contributed by atoms with E-state index < -0.39 is 12.2 Å². The molecule has 0 bridgehead atoms. The Morgan fingerprint density at radius 3 is 2.24 bits per heavy atom. The predicted molar refractivity (Wildman–Crippen MR) is 81.5 cm³/mol. The first-order valence-corrected chi connectivity index (χ1v) is 6.71. The molecule has 0 unspecified atom stereocenters. The van der Waals surface area contributed by atoms with E-state index in [4.69, 9.17) is 9.47 Å². The van der Waals surface area contributed by atoms with Crippen LogP contribution in [0.25, 0.3) is 0 Å². The first-order chi connectivity index (χ1) is 10.3. The lowest BCUT2D eigenvalue weighted by Crippen LogP contribution is -2.20. The normalized spacial score (nSPS) is 13.0. The van der Waals surface area contributed by atoms with Crippen molar-refractivity contribution in [2.45, 2.75) is 12.2 Å². The van der Waals surface area contributed by atoms with E-state index in [1.807, 2.05) is 60.7 Å². The quantitative estimate of drug-likeness (QED) is 0.677. The largest absolute Gasteiger partial charge is 0.377 e. The van der Waals surface area contributed by atoms with E-state index in [-0.39, 0.29) is 6.79 Å². The average molecular weight is 282 g/mol. The number of methoxy groups -OCH3 is 1. The molecule has 0 aliphatic rings. The Hall–Kier alpha value is -2.12. The van der Waals surface area contributed by atoms with Gasteiger partial charge in [0.15, 0.2) is 0 Å². The SMILES string of the molecule is COCO[C@@H](c1ccccc1)[C@@H](O)C#Cc1ccccc1. The second-order valence-corrected chi connectivity index (χ2v) is 4.48. The molecule has 0 spiro atoms. The van der Waals surface area contributed by atoms with E-state index in [1.165, 1.54) is 0 Å². The van der Waals surface area contributed by atoms with Gasteiger partial charge in [0.2, 0.25) is 0 Å². The van der Waals surface area contributed by atoms with Crippen molar-refractivity contribution in [2.24, 2.45) is 0 Å². The van der Waals surface area contributed by atoms with Crippen molar-refractivity contribution in [1.82, 2.24) is 0 Å². The van der Waals surface area contributed by atoms with E-state index in [9.17, 15) is 5.11 Å². The zero-order valence-electron chi connectivity index (χ0n) is 11.9. The van der Waals surface area contributed by atoms with Crippen LogP contribution in [0.3, 0.4) is 0 Å². The van der Waals surface area contributed by atoms with Crippen molar-refractivity contribution in [1.29, 1.82) is 0 Å². The van der Waals surface area contributed by atoms with E-state index in [1.54, 1.807) is 7.11 Å². The van der Waals surface area contributed by atoms with Gasteiger partial charge < -0.3 is 14.6 Å². The second kappa shape index (κ2) is 8.23. The standard InChI is InChI=1S/C18H18O3/c1-20-14-21-18(16-10-6-3-7-11-16)17(19)13-12-15-8-4-2-5-9-15/h2-11,17-19H,14H2,1H3/t17-,18-/m0/s1. The van der Waals surface area contributed by atoms with Crippen molar-refractivity contribution in [3.63, 3.8) is 0 Å². The molecule has 0 aliphatic carbocycles. The molecule has 0 amide bonds. The molecule has 2 aromatic rings. The minimum atomic E-state index is -0.928. The number of aliphatic hydroxyl groups excluding tert-OH is 1. The van der Waals surface area contributed by atoms with Crippen molar-refractivity contribution in [3.8, 4) is 11.8 Å². The summed E-state index contributed by atoms with van der Waals surface area (Å²) < 4.78 is 10.5. The summed E-state index contributed by atoms with van der Waals surface area (Å²) in [6.45, 7) is 0.101. The lowest BCUT2D eigenvalue weighted by Gasteiger charge is -2.19. The molecule has 0 aromatic heterocycles. The smallest absolute Gasteiger partial charge is 0.147 e. The Labute approximate surface area is 125 Å². The highest BCUT2D eigenvalue weighted by molar-refractivity contribution is 5.35. The Morgan fingerprint density at radius 2 is 1.62 bits per heavy atom. The molecular formula is C18H18O3. The zero-order valence-corrected chi connectivity index (χ0v) is 11.9. The van der Waals surface area contributed by atoms with Gasteiger partial charge in [-0.2, -0.15) is 0 Å². The maximum absolute atomic E-state index is 10.3. The lowest BCUT2D eigenvalue weighted by molar-refractivity contribution is -0.102. The van der Waals surface area contributed by atoms with Crippen LogP contribution in [0, 0.1) is 11.8 Å². The molecule has 2 rings (SSSR count). The van der Waals surface area contributed by atoms with Gasteiger partial charge in [-0.3, -0.25) is 0 Å². The van der Waals surface area contributed by atoms with E-state index in [2.05, 4.69) is 11.8 Å². The molecule has 3 nitrogen and oxygen atoms in total. The van der Waals surface area contributed by atoms with Gasteiger partial charge in [-0.15, -0.1) is 0 Å². The van der Waals surface area contributed by atoms with Crippen LogP contribution in [0.1, 0.15) is 17.2 Å². The highest BCUT2D eigenvalue weighted by Gasteiger charge is 2.20. The summed E-state index contributed by atoms with van der Waals surface area (Å²) in [7, 11) is 1.55. The third-order valence-electron chi connectivity index (χ3n) is 2.92. The summed E-state index contributed by atoms with van der Waals surface area (Å²) in [5.41, 5.74) is 1.72. The van der Waals surface area contributed by atoms with E-state index in [0.717, 1.165) is 11.1 Å². The van der Waals surface area contributed by atoms with Gasteiger partial charge in [-0.25, -0.2) is 0 Å². The highest BCUT2D eigenvalue weighted by atomic mass is 16.7. The van der Waals surface area contributed by atoms with Crippen LogP contribution < -0.4 is 0 Å². The maximum atomic E-state index is 10.3. The first kappa shape index (κ1) is 15.3. The van der Waals surface area contributed by atoms with Crippen molar-refractivity contribution < 1.29 is 14.6 Å². The number of rotatable bonds is 5. The topological polar surface area (TPSA) is 38.7 Å². The maximum Gasteiger partial charge on any atom is 0.147 e. The van der Waals surface area contributed by atoms with Crippen molar-refractivity contribution in [3.05, 3.63) is 71.8 Å². The van der Waals surface area contributed by atoms with Crippen molar-refractivity contribution in [2.75, 3.05) is 13.9 Å². The summed E-state index contributed by atoms with van der Waals surface area (Å²) in [6, 6.07) is 19.0. The first-order valence-electron chi connectivity index (χ1n) is 6.71. The fourth-order valence-electron chi connectivity index (χ4n) is 1.91. The third kappa shape index (κ3) is 4.73. The summed E-state index contributed by atoms with van der Waals surface area (Å²) in [6.07, 6.45) is -1.47. The molecule has 21 heavy (non-hydrogen) atoms. The monoisotopic (exact) mass is 282 g/mol. The molecule has 0 saturated heterocycles. The molecule has 0 heterocycles. The fourth-order valence-corrected chi connectivity index (χ4v) is 1.91. The molecule has 3 heteroatoms. The van der Waals surface area contributed by atoms with Crippen LogP contribution in [-0.4, -0.2) is 25.1 Å². The van der Waals surface area contributed by atoms with Gasteiger partial charge in [0.1, 0.15) is 19.0 Å². The fraction of sp³-hybridized carbons (Fsp3) is 0.222. The number of aliphatic hydroxyl groups is 1. The van der Waals surface area contributed by atoms with Crippen molar-refractivity contribution >= 4 is 0 Å². The number of benzene rings is 2. The molecule has 108 valence electrons. The number of hydrogen-bond acceptors (Lipinski definition) is 3. The second-order valence-electron chi connectivity index (χ2n) is 4.48. The third-order valence-corrected chi connectivity index (χ3v) is 2.92. The lowest BCUT2D eigenvalue weighted by atomic mass is 10.0. The van der Waals surface area contributed by atoms with Crippen LogP contribution in [-0.2, 0) is 9.47 Å². The number of hydrogen-bond donors (Lipinski definition) is 1. The highest BCUT2D eigenvalue weighted by Crippen LogP contribution is 2.21. The van der Waals surface area contributed by atoms with Crippen LogP contribution in [0.15, 0.2) is 60.7 Å². The minimum Gasteiger partial charge on any atom is -0.377 e. The Balaban J connectivity index is 2.15. The average Bonchev–Trinajstić information content (AvgIpc) is 2.55. The molecule has 0 aliphatic heterocycles. The van der Waals surface area contributed by atoms with E-state index >= 15 is 0 Å². The van der Waals surface area contributed by atoms with E-state index in [0.29, 0.717) is 0 Å². The molecular weight excluding hydrogens is 264 g/mol. The number of ether oxygens (including phenoxy) is 2. The summed E-state index contributed by atoms with van der Waals surface area (Å²) in [4.78, 5) is 0. The molecule has 2 aromatic carbocycles. The summed E-state index contributed by atoms with van der Waals surface area (Å²) >= 11 is 0. The van der Waals surface area contributed by atoms with Crippen LogP contribution in [0.2, 0.25) is 0 Å². The molecule has 0 radical (unpaired) electrons. The summed E-state index contributed by atoms with van der Waals surface area (Å²) in [5.74, 6) is 5.78. The molecule has 0 fully saturated rings. The van der Waals surface area contributed by atoms with Gasteiger partial charge >= 0.3 is 0 Å². The Morgan fingerprint density at radius 1 is 1.00 bits per heavy atom. The minimum absolute atomic E-state index is 0.101.